The number of alkyl halides is 3. The molecule has 0 bridgehead atoms. The fourth-order valence-electron chi connectivity index (χ4n) is 3.57. The van der Waals surface area contributed by atoms with Crippen molar-refractivity contribution >= 4 is 38.3 Å². The molecule has 1 aromatic heterocycles. The molecule has 2 aromatic carbocycles. The first kappa shape index (κ1) is 22.6. The second-order valence-electron chi connectivity index (χ2n) is 7.55. The minimum Gasteiger partial charge on any atom is -0.493 e. The molecule has 0 saturated carbocycles. The summed E-state index contributed by atoms with van der Waals surface area (Å²) in [4.78, 5) is 1.67. The van der Waals surface area contributed by atoms with E-state index in [1.165, 1.54) is 12.1 Å². The number of fused-ring (bicyclic) bond motifs is 1. The highest BCUT2D eigenvalue weighted by Crippen LogP contribution is 2.39. The highest BCUT2D eigenvalue weighted by molar-refractivity contribution is 7.93. The van der Waals surface area contributed by atoms with E-state index in [9.17, 15) is 21.6 Å². The van der Waals surface area contributed by atoms with Gasteiger partial charge in [-0.15, -0.1) is 0 Å². The Morgan fingerprint density at radius 2 is 2.06 bits per heavy atom. The molecule has 8 nitrogen and oxygen atoms in total. The molecule has 1 unspecified atom stereocenters. The number of benzene rings is 2. The van der Waals surface area contributed by atoms with Crippen LogP contribution in [0.1, 0.15) is 12.0 Å². The normalized spacial score (nSPS) is 17.7. The molecule has 1 saturated heterocycles. The minimum absolute atomic E-state index is 0.0810. The molecule has 1 atom stereocenters. The third kappa shape index (κ3) is 4.62. The lowest BCUT2D eigenvalue weighted by Crippen LogP contribution is -2.19. The van der Waals surface area contributed by atoms with Crippen LogP contribution in [0.3, 0.4) is 0 Å². The summed E-state index contributed by atoms with van der Waals surface area (Å²) in [6.45, 7) is 1.63. The molecular weight excluding hydrogens is 473 g/mol. The maximum absolute atomic E-state index is 13.5. The number of ether oxygens (including phenoxy) is 1. The Morgan fingerprint density at radius 1 is 1.28 bits per heavy atom. The maximum Gasteiger partial charge on any atom is 0.419 e. The molecule has 0 amide bonds. The Bertz CT molecular complexity index is 1250. The first-order valence-corrected chi connectivity index (χ1v) is 11.4. The van der Waals surface area contributed by atoms with Gasteiger partial charge >= 0.3 is 6.18 Å². The molecule has 0 aliphatic carbocycles. The lowest BCUT2D eigenvalue weighted by Gasteiger charge is -2.18. The van der Waals surface area contributed by atoms with Gasteiger partial charge in [-0.25, -0.2) is 13.0 Å². The largest absolute Gasteiger partial charge is 0.493 e. The van der Waals surface area contributed by atoms with E-state index in [1.807, 2.05) is 7.05 Å². The van der Waals surface area contributed by atoms with Gasteiger partial charge in [0.05, 0.1) is 22.9 Å². The lowest BCUT2D eigenvalue weighted by molar-refractivity contribution is -0.139. The first-order valence-electron chi connectivity index (χ1n) is 9.51. The third-order valence-corrected chi connectivity index (χ3v) is 6.99. The number of nitrogens with zero attached hydrogens (tertiary/aromatic N) is 3. The van der Waals surface area contributed by atoms with E-state index in [2.05, 4.69) is 24.6 Å². The molecule has 1 N–H and O–H groups in total. The molecule has 4 rings (SSSR count). The smallest absolute Gasteiger partial charge is 0.419 e. The van der Waals surface area contributed by atoms with Crippen molar-refractivity contribution in [3.8, 4) is 5.75 Å². The molecule has 32 heavy (non-hydrogen) atoms. The van der Waals surface area contributed by atoms with Gasteiger partial charge in [0.25, 0.3) is 10.0 Å². The van der Waals surface area contributed by atoms with Crippen LogP contribution in [0.5, 0.6) is 5.75 Å². The van der Waals surface area contributed by atoms with Crippen LogP contribution in [0.4, 0.5) is 18.9 Å². The van der Waals surface area contributed by atoms with E-state index < -0.39 is 32.4 Å². The van der Waals surface area contributed by atoms with Gasteiger partial charge in [0.15, 0.2) is 5.52 Å². The van der Waals surface area contributed by atoms with Crippen molar-refractivity contribution < 1.29 is 31.0 Å². The third-order valence-electron chi connectivity index (χ3n) is 5.10. The minimum atomic E-state index is -4.67. The van der Waals surface area contributed by atoms with Gasteiger partial charge in [-0.05, 0) is 54.6 Å². The number of hydrogen-bond acceptors (Lipinski definition) is 7. The van der Waals surface area contributed by atoms with Crippen molar-refractivity contribution in [3.05, 3.63) is 40.9 Å². The Hall–Kier alpha value is -2.57. The zero-order chi connectivity index (χ0) is 23.1. The van der Waals surface area contributed by atoms with Gasteiger partial charge < -0.3 is 9.64 Å². The standard InChI is InChI=1S/C19H18ClF3N4O4S/c1-27-7-6-11(9-27)10-30-16-8-12(2-3-13(16)19(21,22)23)26-32(28,29)18-14(20)4-5-15-17(18)25-31-24-15/h2-5,8,11,26H,6-7,9-10H2,1H3. The monoisotopic (exact) mass is 490 g/mol. The van der Waals surface area contributed by atoms with Crippen LogP contribution in [-0.4, -0.2) is 50.4 Å². The molecule has 2 heterocycles. The summed E-state index contributed by atoms with van der Waals surface area (Å²) in [5, 5.41) is 7.00. The fraction of sp³-hybridized carbons (Fsp3) is 0.368. The van der Waals surface area contributed by atoms with Gasteiger partial charge in [-0.1, -0.05) is 11.6 Å². The summed E-state index contributed by atoms with van der Waals surface area (Å²) in [5.74, 6) is -0.378. The molecule has 3 aromatic rings. The SMILES string of the molecule is CN1CCC(COc2cc(NS(=O)(=O)c3c(Cl)ccc4nonc34)ccc2C(F)(F)F)C1. The van der Waals surface area contributed by atoms with E-state index >= 15 is 0 Å². The number of aromatic nitrogens is 2. The predicted octanol–water partition coefficient (Wildman–Crippen LogP) is 4.03. The number of sulfonamides is 1. The summed E-state index contributed by atoms with van der Waals surface area (Å²) < 4.78 is 78.6. The van der Waals surface area contributed by atoms with E-state index in [-0.39, 0.29) is 34.3 Å². The molecule has 172 valence electrons. The second kappa shape index (κ2) is 8.41. The Morgan fingerprint density at radius 3 is 2.75 bits per heavy atom. The van der Waals surface area contributed by atoms with Gasteiger partial charge in [0.2, 0.25) is 0 Å². The van der Waals surface area contributed by atoms with Crippen LogP contribution in [0, 0.1) is 5.92 Å². The lowest BCUT2D eigenvalue weighted by atomic mass is 10.1. The zero-order valence-electron chi connectivity index (χ0n) is 16.7. The van der Waals surface area contributed by atoms with Crippen molar-refractivity contribution in [2.24, 2.45) is 5.92 Å². The van der Waals surface area contributed by atoms with E-state index in [0.717, 1.165) is 31.2 Å². The highest BCUT2D eigenvalue weighted by atomic mass is 35.5. The molecular formula is C19H18ClF3N4O4S. The van der Waals surface area contributed by atoms with Crippen LogP contribution in [-0.2, 0) is 16.2 Å². The molecule has 0 spiro atoms. The average Bonchev–Trinajstić information content (AvgIpc) is 3.33. The van der Waals surface area contributed by atoms with Crippen LogP contribution in [0.2, 0.25) is 5.02 Å². The van der Waals surface area contributed by atoms with E-state index in [4.69, 9.17) is 16.3 Å². The fourth-order valence-corrected chi connectivity index (χ4v) is 5.29. The summed E-state index contributed by atoms with van der Waals surface area (Å²) >= 11 is 6.06. The van der Waals surface area contributed by atoms with Crippen LogP contribution in [0.25, 0.3) is 11.0 Å². The Balaban J connectivity index is 1.64. The van der Waals surface area contributed by atoms with Crippen molar-refractivity contribution in [2.75, 3.05) is 31.5 Å². The second-order valence-corrected chi connectivity index (χ2v) is 9.58. The van der Waals surface area contributed by atoms with Gasteiger partial charge in [-0.3, -0.25) is 4.72 Å². The van der Waals surface area contributed by atoms with E-state index in [0.29, 0.717) is 6.54 Å². The first-order chi connectivity index (χ1) is 15.0. The van der Waals surface area contributed by atoms with Gasteiger partial charge in [0, 0.05) is 18.5 Å². The van der Waals surface area contributed by atoms with Gasteiger partial charge in [0.1, 0.15) is 16.2 Å². The molecule has 1 aliphatic heterocycles. The number of anilines is 1. The summed E-state index contributed by atoms with van der Waals surface area (Å²) in [5.41, 5.74) is -1.06. The molecule has 1 aliphatic rings. The summed E-state index contributed by atoms with van der Waals surface area (Å²) in [6.07, 6.45) is -3.86. The summed E-state index contributed by atoms with van der Waals surface area (Å²) in [7, 11) is -2.41. The number of hydrogen-bond donors (Lipinski definition) is 1. The zero-order valence-corrected chi connectivity index (χ0v) is 18.3. The quantitative estimate of drug-likeness (QED) is 0.557. The van der Waals surface area contributed by atoms with Crippen molar-refractivity contribution in [2.45, 2.75) is 17.5 Å². The maximum atomic E-state index is 13.5. The molecule has 0 radical (unpaired) electrons. The van der Waals surface area contributed by atoms with Crippen LogP contribution < -0.4 is 9.46 Å². The predicted molar refractivity (Wildman–Crippen MR) is 110 cm³/mol. The van der Waals surface area contributed by atoms with Crippen LogP contribution >= 0.6 is 11.6 Å². The average molecular weight is 491 g/mol. The molecule has 1 fully saturated rings. The topological polar surface area (TPSA) is 97.6 Å². The number of likely N-dealkylation sites (tertiary alicyclic amines) is 1. The highest BCUT2D eigenvalue weighted by Gasteiger charge is 2.35. The van der Waals surface area contributed by atoms with Crippen molar-refractivity contribution in [3.63, 3.8) is 0 Å². The number of halogens is 4. The Labute approximate surface area is 186 Å². The van der Waals surface area contributed by atoms with Gasteiger partial charge in [-0.2, -0.15) is 13.2 Å². The van der Waals surface area contributed by atoms with E-state index in [1.54, 1.807) is 0 Å². The molecule has 13 heteroatoms. The van der Waals surface area contributed by atoms with Crippen LogP contribution in [0.15, 0.2) is 39.9 Å². The Kier molecular flexibility index (Phi) is 5.94. The summed E-state index contributed by atoms with van der Waals surface area (Å²) in [6, 6.07) is 5.52. The number of rotatable bonds is 6. The van der Waals surface area contributed by atoms with Crippen molar-refractivity contribution in [1.82, 2.24) is 15.2 Å². The number of nitrogens with one attached hydrogen (secondary N) is 1. The van der Waals surface area contributed by atoms with Crippen molar-refractivity contribution in [1.29, 1.82) is 0 Å².